The lowest BCUT2D eigenvalue weighted by Gasteiger charge is -2.28. The number of fused-ring (bicyclic) bond motifs is 1. The summed E-state index contributed by atoms with van der Waals surface area (Å²) in [7, 11) is -3.53. The number of aromatic nitrogens is 4. The van der Waals surface area contributed by atoms with Crippen LogP contribution in [0.4, 0.5) is 14.6 Å². The average molecular weight is 513 g/mol. The third kappa shape index (κ3) is 4.68. The number of nitrogens with one attached hydrogen (secondary N) is 1. The predicted molar refractivity (Wildman–Crippen MR) is 135 cm³/mol. The van der Waals surface area contributed by atoms with Crippen LogP contribution >= 0.6 is 0 Å². The van der Waals surface area contributed by atoms with Crippen LogP contribution in [0.2, 0.25) is 0 Å². The van der Waals surface area contributed by atoms with Gasteiger partial charge in [0.15, 0.2) is 15.7 Å². The molecule has 11 heteroatoms. The van der Waals surface area contributed by atoms with Crippen molar-refractivity contribution in [3.63, 3.8) is 0 Å². The largest absolute Gasteiger partial charge is 0.354 e. The second-order valence-electron chi connectivity index (χ2n) is 8.78. The number of benzene rings is 1. The molecule has 0 aliphatic carbocycles. The van der Waals surface area contributed by atoms with Gasteiger partial charge in [0, 0.05) is 61.5 Å². The molecule has 4 heterocycles. The highest BCUT2D eigenvalue weighted by atomic mass is 32.2. The summed E-state index contributed by atoms with van der Waals surface area (Å²) in [4.78, 5) is 15.2. The molecule has 5 rings (SSSR count). The molecule has 4 aromatic rings. The zero-order valence-electron chi connectivity index (χ0n) is 19.8. The predicted octanol–water partition coefficient (Wildman–Crippen LogP) is 3.50. The standard InChI is InChI=1S/C25H26F2N6O2S/c1-2-11-36(34,35)15-17-3-4-20(26)25(23(17)27)33-14-19(18-12-29-16-30-13-18)24-21(33)5-6-22(31-24)32-9-7-28-8-10-32/h3-6,12-14,16,28H,2,7-11,15H2,1H3. The zero-order valence-corrected chi connectivity index (χ0v) is 20.6. The third-order valence-electron chi connectivity index (χ3n) is 6.22. The molecule has 1 aliphatic heterocycles. The summed E-state index contributed by atoms with van der Waals surface area (Å²) in [6.07, 6.45) is 6.66. The van der Waals surface area contributed by atoms with E-state index in [1.807, 2.05) is 6.07 Å². The first-order valence-electron chi connectivity index (χ1n) is 11.8. The number of halogens is 2. The lowest BCUT2D eigenvalue weighted by atomic mass is 10.1. The van der Waals surface area contributed by atoms with Gasteiger partial charge in [-0.25, -0.2) is 32.2 Å². The maximum Gasteiger partial charge on any atom is 0.154 e. The Bertz CT molecular complexity index is 1500. The van der Waals surface area contributed by atoms with Gasteiger partial charge in [-0.3, -0.25) is 0 Å². The molecule has 1 aliphatic rings. The lowest BCUT2D eigenvalue weighted by molar-refractivity contribution is 0.560. The van der Waals surface area contributed by atoms with E-state index < -0.39 is 27.2 Å². The van der Waals surface area contributed by atoms with Crippen molar-refractivity contribution in [2.24, 2.45) is 0 Å². The van der Waals surface area contributed by atoms with Crippen LogP contribution in [-0.2, 0) is 15.6 Å². The third-order valence-corrected chi connectivity index (χ3v) is 8.00. The van der Waals surface area contributed by atoms with E-state index in [-0.39, 0.29) is 17.0 Å². The normalized spacial score (nSPS) is 14.5. The molecule has 0 amide bonds. The van der Waals surface area contributed by atoms with Crippen LogP contribution < -0.4 is 10.2 Å². The fourth-order valence-corrected chi connectivity index (χ4v) is 6.00. The maximum absolute atomic E-state index is 15.7. The van der Waals surface area contributed by atoms with Gasteiger partial charge in [-0.05, 0) is 24.6 Å². The molecule has 0 unspecified atom stereocenters. The van der Waals surface area contributed by atoms with Crippen molar-refractivity contribution in [2.75, 3.05) is 36.8 Å². The molecule has 1 aromatic carbocycles. The number of piperazine rings is 1. The van der Waals surface area contributed by atoms with Crippen molar-refractivity contribution < 1.29 is 17.2 Å². The van der Waals surface area contributed by atoms with Crippen LogP contribution in [0.25, 0.3) is 27.8 Å². The first-order chi connectivity index (χ1) is 17.4. The molecule has 1 fully saturated rings. The van der Waals surface area contributed by atoms with Crippen LogP contribution in [0, 0.1) is 11.6 Å². The molecular weight excluding hydrogens is 486 g/mol. The van der Waals surface area contributed by atoms with E-state index in [2.05, 4.69) is 20.2 Å². The number of nitrogens with zero attached hydrogens (tertiary/aromatic N) is 5. The molecular formula is C25H26F2N6O2S. The molecule has 8 nitrogen and oxygen atoms in total. The Morgan fingerprint density at radius 3 is 2.53 bits per heavy atom. The Morgan fingerprint density at radius 2 is 1.81 bits per heavy atom. The van der Waals surface area contributed by atoms with Crippen molar-refractivity contribution in [3.05, 3.63) is 66.4 Å². The summed E-state index contributed by atoms with van der Waals surface area (Å²) >= 11 is 0. The van der Waals surface area contributed by atoms with Crippen LogP contribution in [0.3, 0.4) is 0 Å². The van der Waals surface area contributed by atoms with E-state index in [9.17, 15) is 8.42 Å². The SMILES string of the molecule is CCCS(=O)(=O)Cc1ccc(F)c(-n2cc(-c3cncnc3)c3nc(N4CCNCC4)ccc32)c1F. The Kier molecular flexibility index (Phi) is 6.67. The number of hydrogen-bond acceptors (Lipinski definition) is 7. The fraction of sp³-hybridized carbons (Fsp3) is 0.320. The first kappa shape index (κ1) is 24.3. The van der Waals surface area contributed by atoms with Gasteiger partial charge in [-0.2, -0.15) is 0 Å². The van der Waals surface area contributed by atoms with Crippen molar-refractivity contribution >= 4 is 26.7 Å². The smallest absolute Gasteiger partial charge is 0.154 e. The van der Waals surface area contributed by atoms with Gasteiger partial charge in [-0.15, -0.1) is 0 Å². The summed E-state index contributed by atoms with van der Waals surface area (Å²) < 4.78 is 57.0. The summed E-state index contributed by atoms with van der Waals surface area (Å²) in [6.45, 7) is 5.00. The second-order valence-corrected chi connectivity index (χ2v) is 11.0. The zero-order chi connectivity index (χ0) is 25.3. The Hall–Kier alpha value is -3.44. The lowest BCUT2D eigenvalue weighted by Crippen LogP contribution is -2.43. The minimum atomic E-state index is -3.53. The van der Waals surface area contributed by atoms with E-state index >= 15 is 8.78 Å². The van der Waals surface area contributed by atoms with E-state index in [1.165, 1.54) is 17.0 Å². The van der Waals surface area contributed by atoms with Gasteiger partial charge in [0.1, 0.15) is 23.6 Å². The van der Waals surface area contributed by atoms with Crippen molar-refractivity contribution in [3.8, 4) is 16.8 Å². The average Bonchev–Trinajstić information content (AvgIpc) is 3.25. The van der Waals surface area contributed by atoms with Crippen molar-refractivity contribution in [1.29, 1.82) is 0 Å². The Labute approximate surface area is 207 Å². The Balaban J connectivity index is 1.69. The fourth-order valence-electron chi connectivity index (χ4n) is 4.53. The van der Waals surface area contributed by atoms with Gasteiger partial charge >= 0.3 is 0 Å². The number of rotatable bonds is 7. The molecule has 1 saturated heterocycles. The van der Waals surface area contributed by atoms with E-state index in [0.717, 1.165) is 38.1 Å². The minimum absolute atomic E-state index is 0.0670. The summed E-state index contributed by atoms with van der Waals surface area (Å²) in [5, 5.41) is 3.31. The minimum Gasteiger partial charge on any atom is -0.354 e. The molecule has 188 valence electrons. The Morgan fingerprint density at radius 1 is 1.06 bits per heavy atom. The second kappa shape index (κ2) is 9.90. The molecule has 0 saturated carbocycles. The number of sulfone groups is 1. The maximum atomic E-state index is 15.7. The highest BCUT2D eigenvalue weighted by Gasteiger charge is 2.24. The number of anilines is 1. The summed E-state index contributed by atoms with van der Waals surface area (Å²) in [5.41, 5.74) is 1.88. The van der Waals surface area contributed by atoms with Gasteiger partial charge < -0.3 is 14.8 Å². The van der Waals surface area contributed by atoms with Crippen molar-refractivity contribution in [2.45, 2.75) is 19.1 Å². The summed E-state index contributed by atoms with van der Waals surface area (Å²) in [5.74, 6) is -1.51. The highest BCUT2D eigenvalue weighted by molar-refractivity contribution is 7.90. The van der Waals surface area contributed by atoms with Gasteiger partial charge in [0.2, 0.25) is 0 Å². The summed E-state index contributed by atoms with van der Waals surface area (Å²) in [6, 6.07) is 5.92. The van der Waals surface area contributed by atoms with E-state index in [4.69, 9.17) is 4.98 Å². The highest BCUT2D eigenvalue weighted by Crippen LogP contribution is 2.34. The van der Waals surface area contributed by atoms with Crippen LogP contribution in [0.5, 0.6) is 0 Å². The number of hydrogen-bond donors (Lipinski definition) is 1. The van der Waals surface area contributed by atoms with Crippen molar-refractivity contribution in [1.82, 2.24) is 24.8 Å². The van der Waals surface area contributed by atoms with E-state index in [1.54, 1.807) is 31.6 Å². The van der Waals surface area contributed by atoms with Gasteiger partial charge in [0.25, 0.3) is 0 Å². The molecule has 0 radical (unpaired) electrons. The topological polar surface area (TPSA) is 93.0 Å². The number of pyridine rings is 1. The van der Waals surface area contributed by atoms with E-state index in [0.29, 0.717) is 28.6 Å². The van der Waals surface area contributed by atoms with Crippen LogP contribution in [0.15, 0.2) is 49.2 Å². The van der Waals surface area contributed by atoms with Gasteiger partial charge in [0.05, 0.1) is 22.5 Å². The molecule has 1 N–H and O–H groups in total. The van der Waals surface area contributed by atoms with Crippen LogP contribution in [0.1, 0.15) is 18.9 Å². The molecule has 0 spiro atoms. The quantitative estimate of drug-likeness (QED) is 0.405. The first-order valence-corrected chi connectivity index (χ1v) is 13.6. The molecule has 0 atom stereocenters. The van der Waals surface area contributed by atoms with Crippen LogP contribution in [-0.4, -0.2) is 59.9 Å². The molecule has 0 bridgehead atoms. The monoisotopic (exact) mass is 512 g/mol. The van der Waals surface area contributed by atoms with Gasteiger partial charge in [-0.1, -0.05) is 13.0 Å². The molecule has 36 heavy (non-hydrogen) atoms. The molecule has 3 aromatic heterocycles.